The number of hydrogen-bond donors (Lipinski definition) is 0. The van der Waals surface area contributed by atoms with Crippen LogP contribution in [0.1, 0.15) is 16.7 Å². The summed E-state index contributed by atoms with van der Waals surface area (Å²) in [5.74, 6) is 0. The van der Waals surface area contributed by atoms with Crippen LogP contribution in [0, 0.1) is 0 Å². The molecule has 0 saturated heterocycles. The molecule has 0 fully saturated rings. The fourth-order valence-corrected chi connectivity index (χ4v) is 4.17. The fourth-order valence-electron chi connectivity index (χ4n) is 2.54. The summed E-state index contributed by atoms with van der Waals surface area (Å²) in [6.07, 6.45) is 0. The van der Waals surface area contributed by atoms with E-state index in [0.717, 1.165) is 16.7 Å². The number of benzene rings is 3. The second kappa shape index (κ2) is 10.2. The standard InChI is InChI=1S/C22H24O4Si/c1-23-27(24-17-20-11-5-2-6-12-20,25-18-21-13-7-3-8-14-21)26-19-22-15-9-4-10-16-22/h2-16H,17-19H2,1H3. The molecule has 0 atom stereocenters. The molecule has 0 amide bonds. The van der Waals surface area contributed by atoms with E-state index in [0.29, 0.717) is 19.8 Å². The Morgan fingerprint density at radius 3 is 1.07 bits per heavy atom. The van der Waals surface area contributed by atoms with Crippen molar-refractivity contribution in [1.82, 2.24) is 0 Å². The molecule has 3 aromatic rings. The molecule has 3 rings (SSSR count). The highest BCUT2D eigenvalue weighted by molar-refractivity contribution is 6.53. The Morgan fingerprint density at radius 1 is 0.519 bits per heavy atom. The highest BCUT2D eigenvalue weighted by Gasteiger charge is 2.45. The lowest BCUT2D eigenvalue weighted by Gasteiger charge is -2.27. The van der Waals surface area contributed by atoms with E-state index < -0.39 is 9.05 Å². The maximum Gasteiger partial charge on any atom is 0.680 e. The van der Waals surface area contributed by atoms with Crippen molar-refractivity contribution in [2.45, 2.75) is 19.8 Å². The van der Waals surface area contributed by atoms with Crippen LogP contribution in [0.15, 0.2) is 91.0 Å². The van der Waals surface area contributed by atoms with Crippen LogP contribution in [0.5, 0.6) is 0 Å². The first-order valence-corrected chi connectivity index (χ1v) is 10.5. The van der Waals surface area contributed by atoms with Crippen molar-refractivity contribution in [3.05, 3.63) is 108 Å². The van der Waals surface area contributed by atoms with E-state index in [2.05, 4.69) is 0 Å². The molecule has 0 heterocycles. The molecule has 0 bridgehead atoms. The zero-order chi connectivity index (χ0) is 18.8. The predicted octanol–water partition coefficient (Wildman–Crippen LogP) is 4.72. The Balaban J connectivity index is 1.70. The third kappa shape index (κ3) is 6.13. The lowest BCUT2D eigenvalue weighted by Crippen LogP contribution is -2.47. The first-order valence-electron chi connectivity index (χ1n) is 8.88. The van der Waals surface area contributed by atoms with Gasteiger partial charge in [0.25, 0.3) is 0 Å². The molecule has 0 saturated carbocycles. The third-order valence-corrected chi connectivity index (χ3v) is 6.02. The van der Waals surface area contributed by atoms with Crippen LogP contribution in [0.2, 0.25) is 0 Å². The van der Waals surface area contributed by atoms with Gasteiger partial charge < -0.3 is 17.7 Å². The molecule has 0 aliphatic heterocycles. The largest absolute Gasteiger partial charge is 0.680 e. The lowest BCUT2D eigenvalue weighted by atomic mass is 10.2. The average molecular weight is 381 g/mol. The van der Waals surface area contributed by atoms with E-state index in [1.807, 2.05) is 91.0 Å². The molecule has 0 N–H and O–H groups in total. The third-order valence-electron chi connectivity index (χ3n) is 4.03. The molecule has 0 radical (unpaired) electrons. The van der Waals surface area contributed by atoms with Gasteiger partial charge in [-0.3, -0.25) is 0 Å². The van der Waals surface area contributed by atoms with E-state index in [1.54, 1.807) is 7.11 Å². The first kappa shape index (κ1) is 19.5. The zero-order valence-electron chi connectivity index (χ0n) is 15.4. The summed E-state index contributed by atoms with van der Waals surface area (Å²) >= 11 is 0. The molecule has 5 heteroatoms. The van der Waals surface area contributed by atoms with Crippen LogP contribution in [-0.4, -0.2) is 16.2 Å². The van der Waals surface area contributed by atoms with E-state index in [9.17, 15) is 0 Å². The molecule has 140 valence electrons. The van der Waals surface area contributed by atoms with Gasteiger partial charge in [0.05, 0.1) is 19.8 Å². The van der Waals surface area contributed by atoms with Crippen LogP contribution >= 0.6 is 0 Å². The van der Waals surface area contributed by atoms with Crippen molar-refractivity contribution in [1.29, 1.82) is 0 Å². The smallest absolute Gasteiger partial charge is 0.355 e. The minimum atomic E-state index is -3.32. The molecule has 0 aliphatic carbocycles. The van der Waals surface area contributed by atoms with Gasteiger partial charge in [-0.1, -0.05) is 91.0 Å². The normalized spacial score (nSPS) is 11.4. The summed E-state index contributed by atoms with van der Waals surface area (Å²) < 4.78 is 23.9. The summed E-state index contributed by atoms with van der Waals surface area (Å²) in [5.41, 5.74) is 3.12. The summed E-state index contributed by atoms with van der Waals surface area (Å²) in [5, 5.41) is 0. The van der Waals surface area contributed by atoms with Crippen molar-refractivity contribution < 1.29 is 17.7 Å². The second-order valence-electron chi connectivity index (χ2n) is 6.03. The molecular formula is C22H24O4Si. The van der Waals surface area contributed by atoms with Crippen molar-refractivity contribution in [3.63, 3.8) is 0 Å². The second-order valence-corrected chi connectivity index (χ2v) is 8.30. The van der Waals surface area contributed by atoms with Gasteiger partial charge in [0, 0.05) is 7.11 Å². The van der Waals surface area contributed by atoms with Gasteiger partial charge in [-0.05, 0) is 16.7 Å². The summed E-state index contributed by atoms with van der Waals surface area (Å²) in [4.78, 5) is 0. The monoisotopic (exact) mass is 380 g/mol. The Morgan fingerprint density at radius 2 is 0.815 bits per heavy atom. The van der Waals surface area contributed by atoms with Crippen molar-refractivity contribution in [2.24, 2.45) is 0 Å². The molecule has 0 spiro atoms. The van der Waals surface area contributed by atoms with E-state index in [-0.39, 0.29) is 0 Å². The van der Waals surface area contributed by atoms with Crippen molar-refractivity contribution in [2.75, 3.05) is 7.11 Å². The molecule has 3 aromatic carbocycles. The summed E-state index contributed by atoms with van der Waals surface area (Å²) in [6.45, 7) is 1.10. The molecule has 27 heavy (non-hydrogen) atoms. The predicted molar refractivity (Wildman–Crippen MR) is 106 cm³/mol. The first-order chi connectivity index (χ1) is 13.3. The maximum atomic E-state index is 6.08. The lowest BCUT2D eigenvalue weighted by molar-refractivity contribution is -0.0362. The zero-order valence-corrected chi connectivity index (χ0v) is 16.4. The summed E-state index contributed by atoms with van der Waals surface area (Å²) in [6, 6.07) is 29.8. The van der Waals surface area contributed by atoms with Gasteiger partial charge >= 0.3 is 9.05 Å². The van der Waals surface area contributed by atoms with Crippen LogP contribution in [0.25, 0.3) is 0 Å². The minimum absolute atomic E-state index is 0.366. The Labute approximate surface area is 161 Å². The highest BCUT2D eigenvalue weighted by Crippen LogP contribution is 2.19. The SMILES string of the molecule is CO[Si](OCc1ccccc1)(OCc1ccccc1)OCc1ccccc1. The quantitative estimate of drug-likeness (QED) is 0.477. The van der Waals surface area contributed by atoms with E-state index in [1.165, 1.54) is 0 Å². The highest BCUT2D eigenvalue weighted by atomic mass is 28.4. The van der Waals surface area contributed by atoms with Crippen molar-refractivity contribution >= 4 is 9.05 Å². The van der Waals surface area contributed by atoms with Crippen molar-refractivity contribution in [3.8, 4) is 0 Å². The van der Waals surface area contributed by atoms with Gasteiger partial charge in [-0.2, -0.15) is 0 Å². The van der Waals surface area contributed by atoms with Gasteiger partial charge in [-0.15, -0.1) is 0 Å². The topological polar surface area (TPSA) is 36.9 Å². The summed E-state index contributed by atoms with van der Waals surface area (Å²) in [7, 11) is -1.74. The van der Waals surface area contributed by atoms with Crippen LogP contribution < -0.4 is 0 Å². The Bertz CT molecular complexity index is 675. The van der Waals surface area contributed by atoms with Gasteiger partial charge in [0.2, 0.25) is 0 Å². The van der Waals surface area contributed by atoms with Gasteiger partial charge in [-0.25, -0.2) is 0 Å². The Hall–Kier alpha value is -2.28. The van der Waals surface area contributed by atoms with Crippen LogP contribution in [-0.2, 0) is 37.5 Å². The number of rotatable bonds is 10. The number of hydrogen-bond acceptors (Lipinski definition) is 4. The fraction of sp³-hybridized carbons (Fsp3) is 0.182. The van der Waals surface area contributed by atoms with E-state index >= 15 is 0 Å². The van der Waals surface area contributed by atoms with Crippen LogP contribution in [0.3, 0.4) is 0 Å². The van der Waals surface area contributed by atoms with Crippen LogP contribution in [0.4, 0.5) is 0 Å². The molecule has 4 nitrogen and oxygen atoms in total. The molecule has 0 unspecified atom stereocenters. The minimum Gasteiger partial charge on any atom is -0.355 e. The average Bonchev–Trinajstić information content (AvgIpc) is 2.76. The Kier molecular flexibility index (Phi) is 7.33. The molecular weight excluding hydrogens is 356 g/mol. The molecule has 0 aliphatic rings. The maximum absolute atomic E-state index is 6.08. The van der Waals surface area contributed by atoms with Gasteiger partial charge in [0.15, 0.2) is 0 Å². The van der Waals surface area contributed by atoms with Gasteiger partial charge in [0.1, 0.15) is 0 Å². The molecule has 0 aromatic heterocycles. The van der Waals surface area contributed by atoms with E-state index in [4.69, 9.17) is 17.7 Å².